The second-order valence-corrected chi connectivity index (χ2v) is 6.92. The summed E-state index contributed by atoms with van der Waals surface area (Å²) in [5, 5.41) is 10.3. The molecule has 1 saturated heterocycles. The molecule has 0 unspecified atom stereocenters. The summed E-state index contributed by atoms with van der Waals surface area (Å²) < 4.78 is 24.0. The molecule has 2 rings (SSSR count). The molecule has 23 heavy (non-hydrogen) atoms. The van der Waals surface area contributed by atoms with Crippen LogP contribution in [0, 0.1) is 5.82 Å². The fraction of sp³-hybridized carbons (Fsp3) is 0.562. The zero-order valence-corrected chi connectivity index (χ0v) is 14.1. The zero-order valence-electron chi connectivity index (χ0n) is 13.4. The molecule has 0 aromatic heterocycles. The molecule has 128 valence electrons. The fourth-order valence-electron chi connectivity index (χ4n) is 2.27. The molecule has 1 heterocycles. The molecule has 1 fully saturated rings. The third-order valence-electron chi connectivity index (χ3n) is 3.34. The van der Waals surface area contributed by atoms with Gasteiger partial charge in [0.2, 0.25) is 0 Å². The van der Waals surface area contributed by atoms with Gasteiger partial charge < -0.3 is 19.5 Å². The van der Waals surface area contributed by atoms with Crippen molar-refractivity contribution in [3.63, 3.8) is 0 Å². The van der Waals surface area contributed by atoms with Crippen LogP contribution in [0.2, 0.25) is 5.02 Å². The number of β-amino-alcohol motifs (C(OH)–C–C–N with tert-alkyl or cyclic N) is 1. The summed E-state index contributed by atoms with van der Waals surface area (Å²) in [7, 11) is 0. The van der Waals surface area contributed by atoms with E-state index in [4.69, 9.17) is 21.1 Å². The number of carbonyl (C=O) groups is 1. The van der Waals surface area contributed by atoms with Crippen LogP contribution in [-0.4, -0.2) is 47.0 Å². The minimum absolute atomic E-state index is 0.110. The van der Waals surface area contributed by atoms with E-state index in [2.05, 4.69) is 0 Å². The van der Waals surface area contributed by atoms with Crippen LogP contribution in [-0.2, 0) is 4.74 Å². The molecule has 1 N–H and O–H groups in total. The van der Waals surface area contributed by atoms with E-state index in [1.807, 2.05) is 0 Å². The first-order valence-electron chi connectivity index (χ1n) is 7.43. The summed E-state index contributed by atoms with van der Waals surface area (Å²) in [4.78, 5) is 13.5. The molecule has 0 radical (unpaired) electrons. The second-order valence-electron chi connectivity index (χ2n) is 6.51. The zero-order chi connectivity index (χ0) is 17.2. The largest absolute Gasteiger partial charge is 0.486 e. The number of ether oxygens (including phenoxy) is 2. The Morgan fingerprint density at radius 1 is 1.43 bits per heavy atom. The highest BCUT2D eigenvalue weighted by molar-refractivity contribution is 6.32. The average molecular weight is 346 g/mol. The van der Waals surface area contributed by atoms with Gasteiger partial charge in [-0.15, -0.1) is 0 Å². The molecule has 0 spiro atoms. The van der Waals surface area contributed by atoms with Gasteiger partial charge in [-0.2, -0.15) is 0 Å². The minimum Gasteiger partial charge on any atom is -0.486 e. The Labute approximate surface area is 139 Å². The monoisotopic (exact) mass is 345 g/mol. The lowest BCUT2D eigenvalue weighted by atomic mass is 10.1. The van der Waals surface area contributed by atoms with Crippen molar-refractivity contribution in [1.29, 1.82) is 0 Å². The smallest absolute Gasteiger partial charge is 0.410 e. The number of likely N-dealkylation sites (tertiary alicyclic amines) is 1. The average Bonchev–Trinajstić information content (AvgIpc) is 2.41. The van der Waals surface area contributed by atoms with Crippen molar-refractivity contribution in [3.8, 4) is 5.75 Å². The quantitative estimate of drug-likeness (QED) is 0.894. The van der Waals surface area contributed by atoms with Crippen molar-refractivity contribution in [2.24, 2.45) is 0 Å². The molecular formula is C16H21ClFNO4. The van der Waals surface area contributed by atoms with Crippen molar-refractivity contribution < 1.29 is 23.8 Å². The lowest BCUT2D eigenvalue weighted by Gasteiger charge is -2.36. The number of aliphatic hydroxyl groups excluding tert-OH is 1. The summed E-state index contributed by atoms with van der Waals surface area (Å²) >= 11 is 5.92. The van der Waals surface area contributed by atoms with Gasteiger partial charge in [0, 0.05) is 13.0 Å². The van der Waals surface area contributed by atoms with Gasteiger partial charge in [0.25, 0.3) is 0 Å². The van der Waals surface area contributed by atoms with Crippen molar-refractivity contribution >= 4 is 17.7 Å². The molecule has 1 aromatic carbocycles. The number of aliphatic hydroxyl groups is 1. The van der Waals surface area contributed by atoms with Gasteiger partial charge in [0.1, 0.15) is 29.4 Å². The van der Waals surface area contributed by atoms with Crippen LogP contribution in [0.5, 0.6) is 5.75 Å². The van der Waals surface area contributed by atoms with E-state index in [9.17, 15) is 14.3 Å². The Balaban J connectivity index is 1.95. The molecule has 0 aliphatic carbocycles. The van der Waals surface area contributed by atoms with Crippen LogP contribution in [0.15, 0.2) is 18.2 Å². The predicted molar refractivity (Wildman–Crippen MR) is 84.3 cm³/mol. The van der Waals surface area contributed by atoms with Gasteiger partial charge in [-0.05, 0) is 39.0 Å². The van der Waals surface area contributed by atoms with Crippen LogP contribution in [0.3, 0.4) is 0 Å². The topological polar surface area (TPSA) is 59.0 Å². The SMILES string of the molecule is CC(C)(C)OC(=O)N1CC[C@@H](Oc2ccc(F)cc2Cl)[C@H](O)C1. The molecule has 0 saturated carbocycles. The predicted octanol–water partition coefficient (Wildman–Crippen LogP) is 3.23. The van der Waals surface area contributed by atoms with Gasteiger partial charge in [0.15, 0.2) is 0 Å². The number of nitrogens with zero attached hydrogens (tertiary/aromatic N) is 1. The van der Waals surface area contributed by atoms with Gasteiger partial charge >= 0.3 is 6.09 Å². The first-order chi connectivity index (χ1) is 10.7. The summed E-state index contributed by atoms with van der Waals surface area (Å²) in [5.41, 5.74) is -0.586. The first-order valence-corrected chi connectivity index (χ1v) is 7.81. The van der Waals surface area contributed by atoms with Crippen LogP contribution < -0.4 is 4.74 Å². The third-order valence-corrected chi connectivity index (χ3v) is 3.64. The van der Waals surface area contributed by atoms with Crippen molar-refractivity contribution in [2.75, 3.05) is 13.1 Å². The van der Waals surface area contributed by atoms with Gasteiger partial charge in [-0.1, -0.05) is 11.6 Å². The first kappa shape index (κ1) is 17.8. The molecule has 1 aromatic rings. The second kappa shape index (κ2) is 6.93. The summed E-state index contributed by atoms with van der Waals surface area (Å²) in [6, 6.07) is 3.81. The van der Waals surface area contributed by atoms with E-state index in [-0.39, 0.29) is 11.6 Å². The van der Waals surface area contributed by atoms with Crippen molar-refractivity contribution in [3.05, 3.63) is 29.0 Å². The van der Waals surface area contributed by atoms with E-state index < -0.39 is 29.7 Å². The fourth-order valence-corrected chi connectivity index (χ4v) is 2.49. The number of benzene rings is 1. The van der Waals surface area contributed by atoms with Crippen molar-refractivity contribution in [2.45, 2.75) is 45.0 Å². The van der Waals surface area contributed by atoms with E-state index in [1.165, 1.54) is 17.0 Å². The normalized spacial score (nSPS) is 21.9. The molecule has 7 heteroatoms. The lowest BCUT2D eigenvalue weighted by Crippen LogP contribution is -2.52. The van der Waals surface area contributed by atoms with Crippen LogP contribution >= 0.6 is 11.6 Å². The number of amides is 1. The number of rotatable bonds is 2. The number of hydrogen-bond donors (Lipinski definition) is 1. The maximum absolute atomic E-state index is 13.0. The molecule has 2 atom stereocenters. The Morgan fingerprint density at radius 3 is 2.70 bits per heavy atom. The van der Waals surface area contributed by atoms with Crippen LogP contribution in [0.4, 0.5) is 9.18 Å². The Kier molecular flexibility index (Phi) is 5.37. The van der Waals surface area contributed by atoms with Gasteiger partial charge in [-0.3, -0.25) is 0 Å². The molecule has 0 bridgehead atoms. The number of halogens is 2. The third kappa shape index (κ3) is 4.97. The Hall–Kier alpha value is -1.53. The van der Waals surface area contributed by atoms with Crippen molar-refractivity contribution in [1.82, 2.24) is 4.90 Å². The van der Waals surface area contributed by atoms with E-state index in [0.717, 1.165) is 6.07 Å². The molecule has 1 amide bonds. The number of piperidine rings is 1. The molecular weight excluding hydrogens is 325 g/mol. The standard InChI is InChI=1S/C16H21ClFNO4/c1-16(2,3)23-15(21)19-7-6-14(12(20)9-19)22-13-5-4-10(18)8-11(13)17/h4-5,8,12,14,20H,6-7,9H2,1-3H3/t12-,14-/m1/s1. The number of carbonyl (C=O) groups excluding carboxylic acids is 1. The maximum atomic E-state index is 13.0. The van der Waals surface area contributed by atoms with E-state index in [0.29, 0.717) is 18.7 Å². The summed E-state index contributed by atoms with van der Waals surface area (Å²) in [5.74, 6) is -0.148. The summed E-state index contributed by atoms with van der Waals surface area (Å²) in [6.07, 6.45) is -1.43. The highest BCUT2D eigenvalue weighted by Crippen LogP contribution is 2.28. The number of hydrogen-bond acceptors (Lipinski definition) is 4. The molecule has 1 aliphatic rings. The van der Waals surface area contributed by atoms with Crippen LogP contribution in [0.1, 0.15) is 27.2 Å². The Morgan fingerprint density at radius 2 is 2.13 bits per heavy atom. The lowest BCUT2D eigenvalue weighted by molar-refractivity contribution is -0.0374. The highest BCUT2D eigenvalue weighted by atomic mass is 35.5. The molecule has 5 nitrogen and oxygen atoms in total. The van der Waals surface area contributed by atoms with Crippen LogP contribution in [0.25, 0.3) is 0 Å². The van der Waals surface area contributed by atoms with E-state index in [1.54, 1.807) is 20.8 Å². The Bertz CT molecular complexity index is 576. The highest BCUT2D eigenvalue weighted by Gasteiger charge is 2.34. The maximum Gasteiger partial charge on any atom is 0.410 e. The van der Waals surface area contributed by atoms with Gasteiger partial charge in [-0.25, -0.2) is 9.18 Å². The summed E-state index contributed by atoms with van der Waals surface area (Å²) in [6.45, 7) is 5.86. The minimum atomic E-state index is -0.877. The van der Waals surface area contributed by atoms with E-state index >= 15 is 0 Å². The van der Waals surface area contributed by atoms with Gasteiger partial charge in [0.05, 0.1) is 11.6 Å². The molecule has 1 aliphatic heterocycles.